The first-order valence-corrected chi connectivity index (χ1v) is 14.7. The number of aromatic nitrogens is 1. The number of ether oxygens (including phenoxy) is 1. The van der Waals surface area contributed by atoms with E-state index in [0.29, 0.717) is 31.9 Å². The number of imide groups is 1. The zero-order chi connectivity index (χ0) is 28.8. The van der Waals surface area contributed by atoms with Gasteiger partial charge in [-0.2, -0.15) is 0 Å². The normalized spacial score (nSPS) is 19.6. The van der Waals surface area contributed by atoms with Crippen LogP contribution in [0.3, 0.4) is 0 Å². The third-order valence-corrected chi connectivity index (χ3v) is 9.87. The summed E-state index contributed by atoms with van der Waals surface area (Å²) >= 11 is 14.1. The van der Waals surface area contributed by atoms with Gasteiger partial charge < -0.3 is 15.0 Å². The molecule has 0 spiro atoms. The Labute approximate surface area is 250 Å². The molecule has 1 aromatic heterocycles. The zero-order valence-electron chi connectivity index (χ0n) is 20.7. The maximum absolute atomic E-state index is 13.9. The molecule has 4 aromatic rings. The van der Waals surface area contributed by atoms with Gasteiger partial charge in [-0.15, -0.1) is 0 Å². The molecule has 0 saturated carbocycles. The number of hydrogen-bond acceptors (Lipinski definition) is 7. The van der Waals surface area contributed by atoms with Crippen molar-refractivity contribution in [1.29, 1.82) is 0 Å². The van der Waals surface area contributed by atoms with Gasteiger partial charge >= 0.3 is 4.87 Å². The van der Waals surface area contributed by atoms with Crippen LogP contribution in [-0.2, 0) is 14.4 Å². The fraction of sp³-hybridized carbons (Fsp3) is 0.143. The molecule has 2 unspecified atom stereocenters. The number of carbonyl (C=O) groups is 3. The van der Waals surface area contributed by atoms with Crippen LogP contribution in [0.5, 0.6) is 5.75 Å². The molecule has 6 rings (SSSR count). The minimum atomic E-state index is -0.869. The quantitative estimate of drug-likeness (QED) is 0.265. The Balaban J connectivity index is 1.32. The van der Waals surface area contributed by atoms with Crippen molar-refractivity contribution >= 4 is 75.4 Å². The number of rotatable bonds is 6. The number of hydrogen-bond donors (Lipinski definition) is 2. The van der Waals surface area contributed by atoms with Crippen LogP contribution >= 0.6 is 46.3 Å². The standard InChI is InChI=1S/C28H18Cl2FN3O5S2/c29-17-10-7-14(11-18(17)30)32-20(35)12-39-19-4-2-1-3-16(19)21-22-24(40-25-23(21)41-28(38)33-25)27(37)34(26(22)36)15-8-5-13(31)6-9-15/h1-11,21-22,24H,12H2,(H,32,35)(H,33,38)/t21-,22?,24?/m1/s1. The van der Waals surface area contributed by atoms with E-state index in [1.54, 1.807) is 36.4 Å². The van der Waals surface area contributed by atoms with E-state index < -0.39 is 40.6 Å². The van der Waals surface area contributed by atoms with E-state index in [1.807, 2.05) is 0 Å². The first kappa shape index (κ1) is 27.5. The lowest BCUT2D eigenvalue weighted by Gasteiger charge is -2.30. The number of nitrogens with one attached hydrogen (secondary N) is 2. The van der Waals surface area contributed by atoms with Crippen LogP contribution in [0.2, 0.25) is 10.0 Å². The number of fused-ring (bicyclic) bond motifs is 2. The number of nitrogens with zero attached hydrogens (tertiary/aromatic N) is 1. The van der Waals surface area contributed by atoms with E-state index in [0.717, 1.165) is 28.0 Å². The Bertz CT molecular complexity index is 1760. The summed E-state index contributed by atoms with van der Waals surface area (Å²) in [6, 6.07) is 16.7. The minimum Gasteiger partial charge on any atom is -0.483 e. The SMILES string of the molecule is O=C(COc1ccccc1[C@H]1c2sc(=O)[nH]c2SC2C(=O)N(c3ccc(F)cc3)C(=O)C21)Nc1ccc(Cl)c(Cl)c1. The molecule has 1 fully saturated rings. The van der Waals surface area contributed by atoms with Gasteiger partial charge in [0.2, 0.25) is 11.8 Å². The molecule has 208 valence electrons. The van der Waals surface area contributed by atoms with Crippen molar-refractivity contribution in [2.75, 3.05) is 16.8 Å². The van der Waals surface area contributed by atoms with E-state index in [-0.39, 0.29) is 22.2 Å². The highest BCUT2D eigenvalue weighted by Gasteiger charge is 2.56. The lowest BCUT2D eigenvalue weighted by atomic mass is 9.82. The molecule has 2 N–H and O–H groups in total. The number of H-pyrrole nitrogens is 1. The van der Waals surface area contributed by atoms with Gasteiger partial charge in [0, 0.05) is 22.0 Å². The molecule has 3 amide bonds. The molecule has 0 radical (unpaired) electrons. The van der Waals surface area contributed by atoms with Crippen LogP contribution in [0.1, 0.15) is 16.4 Å². The molecular formula is C28H18Cl2FN3O5S2. The van der Waals surface area contributed by atoms with Crippen molar-refractivity contribution < 1.29 is 23.5 Å². The third-order valence-electron chi connectivity index (χ3n) is 6.72. The van der Waals surface area contributed by atoms with Gasteiger partial charge in [0.15, 0.2) is 6.61 Å². The van der Waals surface area contributed by atoms with E-state index in [2.05, 4.69) is 10.3 Å². The summed E-state index contributed by atoms with van der Waals surface area (Å²) in [5.41, 5.74) is 1.24. The van der Waals surface area contributed by atoms with Crippen molar-refractivity contribution in [3.8, 4) is 5.75 Å². The number of benzene rings is 3. The summed E-state index contributed by atoms with van der Waals surface area (Å²) in [7, 11) is 0. The van der Waals surface area contributed by atoms with Crippen molar-refractivity contribution in [1.82, 2.24) is 4.98 Å². The highest BCUT2D eigenvalue weighted by atomic mass is 35.5. The summed E-state index contributed by atoms with van der Waals surface area (Å²) in [6.45, 7) is -0.363. The third kappa shape index (κ3) is 5.14. The number of amides is 3. The maximum atomic E-state index is 13.9. The highest BCUT2D eigenvalue weighted by Crippen LogP contribution is 2.54. The number of para-hydroxylation sites is 1. The van der Waals surface area contributed by atoms with Gasteiger partial charge in [0.05, 0.1) is 26.7 Å². The minimum absolute atomic E-state index is 0.260. The number of thiazole rings is 1. The van der Waals surface area contributed by atoms with Gasteiger partial charge in [-0.3, -0.25) is 19.2 Å². The van der Waals surface area contributed by atoms with Gasteiger partial charge in [-0.25, -0.2) is 9.29 Å². The molecule has 2 aliphatic heterocycles. The van der Waals surface area contributed by atoms with Gasteiger partial charge in [-0.05, 0) is 48.5 Å². The molecule has 41 heavy (non-hydrogen) atoms. The molecule has 8 nitrogen and oxygen atoms in total. The predicted octanol–water partition coefficient (Wildman–Crippen LogP) is 5.70. The Morgan fingerprint density at radius 1 is 1.00 bits per heavy atom. The smallest absolute Gasteiger partial charge is 0.305 e. The molecule has 0 bridgehead atoms. The van der Waals surface area contributed by atoms with Crippen LogP contribution in [0, 0.1) is 11.7 Å². The molecule has 13 heteroatoms. The number of carbonyl (C=O) groups excluding carboxylic acids is 3. The summed E-state index contributed by atoms with van der Waals surface area (Å²) in [5, 5.41) is 2.99. The van der Waals surface area contributed by atoms with E-state index in [4.69, 9.17) is 27.9 Å². The van der Waals surface area contributed by atoms with Crippen molar-refractivity contribution in [3.63, 3.8) is 0 Å². The maximum Gasteiger partial charge on any atom is 0.305 e. The first-order valence-electron chi connectivity index (χ1n) is 12.2. The molecular weight excluding hydrogens is 612 g/mol. The summed E-state index contributed by atoms with van der Waals surface area (Å²) in [6.07, 6.45) is 0. The largest absolute Gasteiger partial charge is 0.483 e. The van der Waals surface area contributed by atoms with Crippen molar-refractivity contribution in [2.45, 2.75) is 16.2 Å². The first-order chi connectivity index (χ1) is 19.7. The lowest BCUT2D eigenvalue weighted by molar-refractivity contribution is -0.122. The Hall–Kier alpha value is -3.64. The number of thioether (sulfide) groups is 1. The predicted molar refractivity (Wildman–Crippen MR) is 156 cm³/mol. The van der Waals surface area contributed by atoms with Crippen LogP contribution in [0.25, 0.3) is 0 Å². The molecule has 2 aliphatic rings. The zero-order valence-corrected chi connectivity index (χ0v) is 23.9. The molecule has 3 atom stereocenters. The van der Waals surface area contributed by atoms with Crippen LogP contribution < -0.4 is 19.8 Å². The Morgan fingerprint density at radius 3 is 2.51 bits per heavy atom. The number of anilines is 2. The number of aromatic amines is 1. The fourth-order valence-electron chi connectivity index (χ4n) is 4.98. The second-order valence-corrected chi connectivity index (χ2v) is 12.2. The van der Waals surface area contributed by atoms with E-state index >= 15 is 0 Å². The van der Waals surface area contributed by atoms with Crippen molar-refractivity contribution in [2.24, 2.45) is 5.92 Å². The Kier molecular flexibility index (Phi) is 7.37. The highest BCUT2D eigenvalue weighted by molar-refractivity contribution is 8.00. The second-order valence-electron chi connectivity index (χ2n) is 9.24. The van der Waals surface area contributed by atoms with Crippen LogP contribution in [-0.4, -0.2) is 34.6 Å². The monoisotopic (exact) mass is 629 g/mol. The van der Waals surface area contributed by atoms with Gasteiger partial charge in [-0.1, -0.05) is 64.5 Å². The summed E-state index contributed by atoms with van der Waals surface area (Å²) < 4.78 is 19.5. The van der Waals surface area contributed by atoms with E-state index in [9.17, 15) is 23.6 Å². The average Bonchev–Trinajstić information content (AvgIpc) is 3.44. The van der Waals surface area contributed by atoms with E-state index in [1.165, 1.54) is 30.3 Å². The second kappa shape index (κ2) is 11.0. The fourth-order valence-corrected chi connectivity index (χ4v) is 7.78. The molecule has 3 heterocycles. The van der Waals surface area contributed by atoms with Crippen molar-refractivity contribution in [3.05, 3.63) is 103 Å². The van der Waals surface area contributed by atoms with Crippen LogP contribution in [0.15, 0.2) is 76.6 Å². The van der Waals surface area contributed by atoms with Crippen LogP contribution in [0.4, 0.5) is 15.8 Å². The topological polar surface area (TPSA) is 109 Å². The van der Waals surface area contributed by atoms with Gasteiger partial charge in [0.25, 0.3) is 5.91 Å². The molecule has 1 saturated heterocycles. The lowest BCUT2D eigenvalue weighted by Crippen LogP contribution is -2.32. The Morgan fingerprint density at radius 2 is 1.76 bits per heavy atom. The molecule has 3 aromatic carbocycles. The summed E-state index contributed by atoms with van der Waals surface area (Å²) in [5.74, 6) is -3.15. The molecule has 0 aliphatic carbocycles. The number of halogens is 3. The average molecular weight is 631 g/mol. The van der Waals surface area contributed by atoms with Gasteiger partial charge in [0.1, 0.15) is 16.8 Å². The summed E-state index contributed by atoms with van der Waals surface area (Å²) in [4.78, 5) is 56.6.